The maximum atomic E-state index is 4.40. The first-order valence-corrected chi connectivity index (χ1v) is 5.58. The van der Waals surface area contributed by atoms with E-state index in [1.165, 1.54) is 5.56 Å². The molecule has 0 atom stereocenters. The number of aromatic nitrogens is 2. The van der Waals surface area contributed by atoms with Crippen molar-refractivity contribution in [3.05, 3.63) is 47.9 Å². The van der Waals surface area contributed by atoms with Crippen LogP contribution in [-0.2, 0) is 6.54 Å². The van der Waals surface area contributed by atoms with Gasteiger partial charge in [0, 0.05) is 11.9 Å². The van der Waals surface area contributed by atoms with Gasteiger partial charge in [0.25, 0.3) is 0 Å². The number of aryl methyl sites for hydroxylation is 1. The molecular weight excluding hydrogens is 212 g/mol. The topological polar surface area (TPSA) is 49.8 Å². The summed E-state index contributed by atoms with van der Waals surface area (Å²) in [5.41, 5.74) is 2.26. The molecular formula is C13H16N4. The van der Waals surface area contributed by atoms with Crippen LogP contribution in [0.1, 0.15) is 11.4 Å². The second-order valence-corrected chi connectivity index (χ2v) is 3.88. The summed E-state index contributed by atoms with van der Waals surface area (Å²) >= 11 is 0. The second kappa shape index (κ2) is 5.41. The van der Waals surface area contributed by atoms with Crippen molar-refractivity contribution in [3.8, 4) is 0 Å². The van der Waals surface area contributed by atoms with E-state index in [2.05, 4.69) is 39.7 Å². The summed E-state index contributed by atoms with van der Waals surface area (Å²) in [6, 6.07) is 10.1. The normalized spacial score (nSPS) is 10.2. The molecule has 0 aliphatic rings. The summed E-state index contributed by atoms with van der Waals surface area (Å²) < 4.78 is 0. The number of rotatable bonds is 4. The summed E-state index contributed by atoms with van der Waals surface area (Å²) in [5.74, 6) is 1.60. The van der Waals surface area contributed by atoms with Crippen LogP contribution in [0.3, 0.4) is 0 Å². The molecule has 2 N–H and O–H groups in total. The lowest BCUT2D eigenvalue weighted by atomic mass is 10.2. The molecule has 0 aliphatic carbocycles. The molecule has 0 saturated heterocycles. The van der Waals surface area contributed by atoms with Gasteiger partial charge in [0.1, 0.15) is 11.6 Å². The fourth-order valence-corrected chi connectivity index (χ4v) is 1.58. The summed E-state index contributed by atoms with van der Waals surface area (Å²) in [6.45, 7) is 2.74. The number of hydrogen-bond donors (Lipinski definition) is 2. The van der Waals surface area contributed by atoms with Gasteiger partial charge in [-0.25, -0.2) is 9.97 Å². The molecule has 2 rings (SSSR count). The smallest absolute Gasteiger partial charge is 0.144 e. The molecule has 1 aromatic carbocycles. The molecule has 0 spiro atoms. The molecule has 4 nitrogen and oxygen atoms in total. The molecule has 88 valence electrons. The van der Waals surface area contributed by atoms with E-state index in [0.29, 0.717) is 6.54 Å². The lowest BCUT2D eigenvalue weighted by molar-refractivity contribution is 0.759. The Balaban J connectivity index is 2.15. The van der Waals surface area contributed by atoms with Gasteiger partial charge in [-0.15, -0.1) is 0 Å². The molecule has 0 amide bonds. The molecule has 17 heavy (non-hydrogen) atoms. The maximum Gasteiger partial charge on any atom is 0.144 e. The van der Waals surface area contributed by atoms with Crippen molar-refractivity contribution in [2.75, 3.05) is 12.4 Å². The molecule has 0 radical (unpaired) electrons. The fraction of sp³-hybridized carbons (Fsp3) is 0.231. The van der Waals surface area contributed by atoms with Gasteiger partial charge < -0.3 is 10.6 Å². The minimum absolute atomic E-state index is 0.670. The largest absolute Gasteiger partial charge is 0.340 e. The molecule has 1 aromatic heterocycles. The number of anilines is 2. The third-order valence-electron chi connectivity index (χ3n) is 2.33. The van der Waals surface area contributed by atoms with Crippen molar-refractivity contribution in [3.63, 3.8) is 0 Å². The van der Waals surface area contributed by atoms with Crippen LogP contribution in [-0.4, -0.2) is 17.0 Å². The van der Waals surface area contributed by atoms with Gasteiger partial charge in [-0.3, -0.25) is 0 Å². The molecule has 0 unspecified atom stereocenters. The Labute approximate surface area is 101 Å². The Morgan fingerprint density at radius 2 is 2.12 bits per heavy atom. The van der Waals surface area contributed by atoms with Crippen molar-refractivity contribution >= 4 is 11.5 Å². The van der Waals surface area contributed by atoms with E-state index < -0.39 is 0 Å². The molecule has 0 saturated carbocycles. The van der Waals surface area contributed by atoms with Crippen LogP contribution in [0.15, 0.2) is 36.5 Å². The summed E-state index contributed by atoms with van der Waals surface area (Å²) in [4.78, 5) is 8.58. The molecule has 4 heteroatoms. The first-order chi connectivity index (χ1) is 8.28. The average Bonchev–Trinajstić information content (AvgIpc) is 2.30. The van der Waals surface area contributed by atoms with Crippen molar-refractivity contribution in [2.24, 2.45) is 0 Å². The van der Waals surface area contributed by atoms with Crippen molar-refractivity contribution < 1.29 is 0 Å². The predicted octanol–water partition coefficient (Wildman–Crippen LogP) is 2.25. The lowest BCUT2D eigenvalue weighted by Gasteiger charge is -2.07. The Morgan fingerprint density at radius 1 is 1.24 bits per heavy atom. The first kappa shape index (κ1) is 11.5. The van der Waals surface area contributed by atoms with Crippen molar-refractivity contribution in [1.82, 2.24) is 15.3 Å². The third kappa shape index (κ3) is 3.26. The van der Waals surface area contributed by atoms with E-state index >= 15 is 0 Å². The van der Waals surface area contributed by atoms with Gasteiger partial charge in [-0.1, -0.05) is 12.1 Å². The number of benzene rings is 1. The summed E-state index contributed by atoms with van der Waals surface area (Å²) in [6.07, 6.45) is 1.76. The quantitative estimate of drug-likeness (QED) is 0.842. The molecule has 0 fully saturated rings. The summed E-state index contributed by atoms with van der Waals surface area (Å²) in [5, 5.41) is 6.30. The number of nitrogens with one attached hydrogen (secondary N) is 2. The Bertz CT molecular complexity index is 496. The van der Waals surface area contributed by atoms with E-state index in [-0.39, 0.29) is 0 Å². The third-order valence-corrected chi connectivity index (χ3v) is 2.33. The molecule has 2 aromatic rings. The standard InChI is InChI=1S/C13H16N4/c1-10-4-3-5-11(8-10)16-12-6-7-15-13(17-12)9-14-2/h3-8,14H,9H2,1-2H3,(H,15,16,17). The summed E-state index contributed by atoms with van der Waals surface area (Å²) in [7, 11) is 1.88. The van der Waals surface area contributed by atoms with E-state index in [9.17, 15) is 0 Å². The van der Waals surface area contributed by atoms with Crippen LogP contribution in [0.2, 0.25) is 0 Å². The van der Waals surface area contributed by atoms with Crippen LogP contribution in [0.5, 0.6) is 0 Å². The van der Waals surface area contributed by atoms with Crippen molar-refractivity contribution in [2.45, 2.75) is 13.5 Å². The van der Waals surface area contributed by atoms with Crippen LogP contribution in [0.4, 0.5) is 11.5 Å². The monoisotopic (exact) mass is 228 g/mol. The van der Waals surface area contributed by atoms with Crippen molar-refractivity contribution in [1.29, 1.82) is 0 Å². The number of hydrogen-bond acceptors (Lipinski definition) is 4. The van der Waals surface area contributed by atoms with Crippen LogP contribution < -0.4 is 10.6 Å². The highest BCUT2D eigenvalue weighted by molar-refractivity contribution is 5.56. The van der Waals surface area contributed by atoms with E-state index in [1.807, 2.05) is 25.2 Å². The molecule has 0 bridgehead atoms. The number of nitrogens with zero attached hydrogens (tertiary/aromatic N) is 2. The SMILES string of the molecule is CNCc1nccc(Nc2cccc(C)c2)n1. The highest BCUT2D eigenvalue weighted by Crippen LogP contribution is 2.15. The predicted molar refractivity (Wildman–Crippen MR) is 69.3 cm³/mol. The lowest BCUT2D eigenvalue weighted by Crippen LogP contribution is -2.09. The second-order valence-electron chi connectivity index (χ2n) is 3.88. The highest BCUT2D eigenvalue weighted by atomic mass is 15.0. The van der Waals surface area contributed by atoms with E-state index in [0.717, 1.165) is 17.3 Å². The van der Waals surface area contributed by atoms with Crippen LogP contribution >= 0.6 is 0 Å². The zero-order valence-corrected chi connectivity index (χ0v) is 10.1. The average molecular weight is 228 g/mol. The maximum absolute atomic E-state index is 4.40. The minimum Gasteiger partial charge on any atom is -0.340 e. The van der Waals surface area contributed by atoms with E-state index in [1.54, 1.807) is 6.20 Å². The van der Waals surface area contributed by atoms with Gasteiger partial charge in [0.2, 0.25) is 0 Å². The van der Waals surface area contributed by atoms with Gasteiger partial charge in [0.15, 0.2) is 0 Å². The van der Waals surface area contributed by atoms with Gasteiger partial charge in [0.05, 0.1) is 6.54 Å². The zero-order chi connectivity index (χ0) is 12.1. The van der Waals surface area contributed by atoms with Gasteiger partial charge in [-0.05, 0) is 37.7 Å². The Kier molecular flexibility index (Phi) is 3.67. The highest BCUT2D eigenvalue weighted by Gasteiger charge is 1.99. The minimum atomic E-state index is 0.670. The fourth-order valence-electron chi connectivity index (χ4n) is 1.58. The zero-order valence-electron chi connectivity index (χ0n) is 10.1. The van der Waals surface area contributed by atoms with Gasteiger partial charge >= 0.3 is 0 Å². The van der Waals surface area contributed by atoms with Crippen LogP contribution in [0, 0.1) is 6.92 Å². The Hall–Kier alpha value is -1.94. The van der Waals surface area contributed by atoms with Gasteiger partial charge in [-0.2, -0.15) is 0 Å². The van der Waals surface area contributed by atoms with E-state index in [4.69, 9.17) is 0 Å². The molecule has 1 heterocycles. The van der Waals surface area contributed by atoms with Crippen LogP contribution in [0.25, 0.3) is 0 Å². The molecule has 0 aliphatic heterocycles. The first-order valence-electron chi connectivity index (χ1n) is 5.58. The Morgan fingerprint density at radius 3 is 2.88 bits per heavy atom.